The van der Waals surface area contributed by atoms with Crippen LogP contribution in [0.15, 0.2) is 48.5 Å². The summed E-state index contributed by atoms with van der Waals surface area (Å²) < 4.78 is 0.792. The molecule has 0 fully saturated rings. The minimum absolute atomic E-state index is 0.00582. The molecular formula is C14H13IN2O3. The monoisotopic (exact) mass is 384 g/mol. The molecule has 0 spiro atoms. The highest BCUT2D eigenvalue weighted by molar-refractivity contribution is 14.1. The number of hydrogen-bond donors (Lipinski definition) is 2. The second kappa shape index (κ2) is 6.67. The molecule has 2 aromatic rings. The molecule has 0 aliphatic heterocycles. The van der Waals surface area contributed by atoms with E-state index in [2.05, 4.69) is 5.32 Å². The summed E-state index contributed by atoms with van der Waals surface area (Å²) in [6, 6.07) is 13.9. The van der Waals surface area contributed by atoms with E-state index in [0.29, 0.717) is 5.69 Å². The minimum Gasteiger partial charge on any atom is -0.394 e. The van der Waals surface area contributed by atoms with Gasteiger partial charge in [0.2, 0.25) is 0 Å². The second-order valence-electron chi connectivity index (χ2n) is 4.21. The Labute approximate surface area is 129 Å². The van der Waals surface area contributed by atoms with Crippen molar-refractivity contribution >= 4 is 34.0 Å². The van der Waals surface area contributed by atoms with Gasteiger partial charge in [0.1, 0.15) is 5.69 Å². The molecule has 0 saturated heterocycles. The molecule has 0 aliphatic rings. The van der Waals surface area contributed by atoms with Crippen LogP contribution in [-0.4, -0.2) is 16.6 Å². The molecular weight excluding hydrogens is 371 g/mol. The highest BCUT2D eigenvalue weighted by Crippen LogP contribution is 2.29. The predicted molar refractivity (Wildman–Crippen MR) is 85.7 cm³/mol. The third-order valence-corrected chi connectivity index (χ3v) is 3.54. The van der Waals surface area contributed by atoms with Crippen LogP contribution in [0.5, 0.6) is 0 Å². The molecule has 0 bridgehead atoms. The van der Waals surface area contributed by atoms with Gasteiger partial charge in [-0.3, -0.25) is 10.1 Å². The highest BCUT2D eigenvalue weighted by Gasteiger charge is 2.18. The Bertz CT molecular complexity index is 605. The van der Waals surface area contributed by atoms with Crippen LogP contribution >= 0.6 is 22.6 Å². The van der Waals surface area contributed by atoms with Gasteiger partial charge in [0.25, 0.3) is 5.69 Å². The van der Waals surface area contributed by atoms with E-state index >= 15 is 0 Å². The number of nitrogens with zero attached hydrogens (tertiary/aromatic N) is 1. The molecule has 6 heteroatoms. The summed E-state index contributed by atoms with van der Waals surface area (Å²) in [6.45, 7) is -0.146. The first kappa shape index (κ1) is 14.7. The normalized spacial score (nSPS) is 11.9. The van der Waals surface area contributed by atoms with Gasteiger partial charge in [-0.05, 0) is 40.3 Å². The highest BCUT2D eigenvalue weighted by atomic mass is 127. The molecule has 0 saturated carbocycles. The van der Waals surface area contributed by atoms with Crippen molar-refractivity contribution in [3.63, 3.8) is 0 Å². The van der Waals surface area contributed by atoms with E-state index in [1.54, 1.807) is 12.1 Å². The van der Waals surface area contributed by atoms with E-state index in [-0.39, 0.29) is 18.3 Å². The molecule has 0 heterocycles. The van der Waals surface area contributed by atoms with Crippen LogP contribution in [0.2, 0.25) is 0 Å². The minimum atomic E-state index is -0.427. The Morgan fingerprint density at radius 3 is 2.55 bits per heavy atom. The molecule has 1 atom stereocenters. The maximum absolute atomic E-state index is 11.1. The molecule has 0 aliphatic carbocycles. The predicted octanol–water partition coefficient (Wildman–Crippen LogP) is 3.34. The van der Waals surface area contributed by atoms with Gasteiger partial charge in [0, 0.05) is 9.64 Å². The first-order chi connectivity index (χ1) is 9.61. The van der Waals surface area contributed by atoms with E-state index < -0.39 is 4.92 Å². The molecule has 2 aromatic carbocycles. The fraction of sp³-hybridized carbons (Fsp3) is 0.143. The maximum atomic E-state index is 11.1. The lowest BCUT2D eigenvalue weighted by molar-refractivity contribution is -0.384. The fourth-order valence-electron chi connectivity index (χ4n) is 1.89. The number of benzene rings is 2. The number of anilines is 1. The summed E-state index contributed by atoms with van der Waals surface area (Å²) in [5.74, 6) is 0. The summed E-state index contributed by atoms with van der Waals surface area (Å²) in [5.41, 5.74) is 1.28. The third-order valence-electron chi connectivity index (χ3n) is 2.87. The molecule has 104 valence electrons. The SMILES string of the molecule is O=[N+]([O-])c1cc(I)ccc1NC(CO)c1ccccc1. The molecule has 2 rings (SSSR count). The largest absolute Gasteiger partial charge is 0.394 e. The van der Waals surface area contributed by atoms with Crippen molar-refractivity contribution in [1.29, 1.82) is 0 Å². The summed E-state index contributed by atoms with van der Waals surface area (Å²) in [5, 5.41) is 23.6. The molecule has 5 nitrogen and oxygen atoms in total. The van der Waals surface area contributed by atoms with Gasteiger partial charge in [-0.1, -0.05) is 30.3 Å². The van der Waals surface area contributed by atoms with Crippen LogP contribution in [0.3, 0.4) is 0 Å². The van der Waals surface area contributed by atoms with Gasteiger partial charge in [-0.25, -0.2) is 0 Å². The molecule has 20 heavy (non-hydrogen) atoms. The number of rotatable bonds is 5. The average molecular weight is 384 g/mol. The van der Waals surface area contributed by atoms with E-state index in [1.807, 2.05) is 52.9 Å². The number of aliphatic hydroxyl groups is 1. The van der Waals surface area contributed by atoms with E-state index in [4.69, 9.17) is 0 Å². The Balaban J connectivity index is 2.31. The molecule has 0 amide bonds. The second-order valence-corrected chi connectivity index (χ2v) is 5.45. The van der Waals surface area contributed by atoms with Crippen molar-refractivity contribution in [2.45, 2.75) is 6.04 Å². The van der Waals surface area contributed by atoms with E-state index in [0.717, 1.165) is 9.13 Å². The Morgan fingerprint density at radius 2 is 1.95 bits per heavy atom. The number of nitrogens with one attached hydrogen (secondary N) is 1. The summed E-state index contributed by atoms with van der Waals surface area (Å²) >= 11 is 2.03. The van der Waals surface area contributed by atoms with E-state index in [1.165, 1.54) is 6.07 Å². The molecule has 0 aromatic heterocycles. The Kier molecular flexibility index (Phi) is 4.91. The zero-order valence-corrected chi connectivity index (χ0v) is 12.6. The summed E-state index contributed by atoms with van der Waals surface area (Å²) in [6.07, 6.45) is 0. The van der Waals surface area contributed by atoms with Gasteiger partial charge in [0.05, 0.1) is 17.6 Å². The zero-order chi connectivity index (χ0) is 14.5. The maximum Gasteiger partial charge on any atom is 0.293 e. The van der Waals surface area contributed by atoms with E-state index in [9.17, 15) is 15.2 Å². The molecule has 2 N–H and O–H groups in total. The lowest BCUT2D eigenvalue weighted by atomic mass is 10.1. The molecule has 0 radical (unpaired) electrons. The van der Waals surface area contributed by atoms with Crippen LogP contribution in [0.4, 0.5) is 11.4 Å². The summed E-state index contributed by atoms with van der Waals surface area (Å²) in [4.78, 5) is 10.7. The Hall–Kier alpha value is -1.67. The van der Waals surface area contributed by atoms with Crippen molar-refractivity contribution in [3.05, 3.63) is 67.8 Å². The number of nitro benzene ring substituents is 1. The van der Waals surface area contributed by atoms with Crippen LogP contribution < -0.4 is 5.32 Å². The average Bonchev–Trinajstić information content (AvgIpc) is 2.46. The van der Waals surface area contributed by atoms with Crippen LogP contribution in [0.1, 0.15) is 11.6 Å². The lowest BCUT2D eigenvalue weighted by Crippen LogP contribution is -2.15. The number of halogens is 1. The quantitative estimate of drug-likeness (QED) is 0.471. The van der Waals surface area contributed by atoms with Crippen LogP contribution in [0.25, 0.3) is 0 Å². The number of aliphatic hydroxyl groups excluding tert-OH is 1. The van der Waals surface area contributed by atoms with Crippen molar-refractivity contribution < 1.29 is 10.0 Å². The standard InChI is InChI=1S/C14H13IN2O3/c15-11-6-7-12(14(8-11)17(19)20)16-13(9-18)10-4-2-1-3-5-10/h1-8,13,16,18H,9H2. The zero-order valence-electron chi connectivity index (χ0n) is 10.5. The topological polar surface area (TPSA) is 75.4 Å². The molecule has 1 unspecified atom stereocenters. The fourth-order valence-corrected chi connectivity index (χ4v) is 2.36. The third kappa shape index (κ3) is 3.45. The van der Waals surface area contributed by atoms with Gasteiger partial charge >= 0.3 is 0 Å². The van der Waals surface area contributed by atoms with Crippen LogP contribution in [-0.2, 0) is 0 Å². The van der Waals surface area contributed by atoms with Crippen molar-refractivity contribution in [1.82, 2.24) is 0 Å². The van der Waals surface area contributed by atoms with Gasteiger partial charge in [-0.2, -0.15) is 0 Å². The number of hydrogen-bond acceptors (Lipinski definition) is 4. The van der Waals surface area contributed by atoms with Crippen molar-refractivity contribution in [2.75, 3.05) is 11.9 Å². The Morgan fingerprint density at radius 1 is 1.25 bits per heavy atom. The van der Waals surface area contributed by atoms with Gasteiger partial charge < -0.3 is 10.4 Å². The van der Waals surface area contributed by atoms with Crippen LogP contribution in [0, 0.1) is 13.7 Å². The summed E-state index contributed by atoms with van der Waals surface area (Å²) in [7, 11) is 0. The first-order valence-electron chi connectivity index (χ1n) is 5.98. The number of nitro groups is 1. The van der Waals surface area contributed by atoms with Gasteiger partial charge in [-0.15, -0.1) is 0 Å². The smallest absolute Gasteiger partial charge is 0.293 e. The van der Waals surface area contributed by atoms with Crippen molar-refractivity contribution in [3.8, 4) is 0 Å². The lowest BCUT2D eigenvalue weighted by Gasteiger charge is -2.18. The van der Waals surface area contributed by atoms with Crippen molar-refractivity contribution in [2.24, 2.45) is 0 Å². The first-order valence-corrected chi connectivity index (χ1v) is 7.06. The van der Waals surface area contributed by atoms with Gasteiger partial charge in [0.15, 0.2) is 0 Å².